The fourth-order valence-electron chi connectivity index (χ4n) is 5.35. The van der Waals surface area contributed by atoms with E-state index in [1.54, 1.807) is 42.3 Å². The van der Waals surface area contributed by atoms with E-state index in [1.165, 1.54) is 4.31 Å². The lowest BCUT2D eigenvalue weighted by atomic mass is 10.0. The Morgan fingerprint density at radius 2 is 1.50 bits per heavy atom. The number of benzene rings is 3. The van der Waals surface area contributed by atoms with Gasteiger partial charge in [-0.3, -0.25) is 9.59 Å². The summed E-state index contributed by atoms with van der Waals surface area (Å²) in [5, 5.41) is 0. The van der Waals surface area contributed by atoms with Gasteiger partial charge in [-0.05, 0) is 61.1 Å². The van der Waals surface area contributed by atoms with Crippen LogP contribution < -0.4 is 4.74 Å². The molecule has 0 aromatic heterocycles. The molecule has 0 unspecified atom stereocenters. The van der Waals surface area contributed by atoms with Crippen molar-refractivity contribution in [1.29, 1.82) is 0 Å². The van der Waals surface area contributed by atoms with Crippen LogP contribution >= 0.6 is 0 Å². The molecule has 1 aliphatic rings. The molecule has 2 amide bonds. The van der Waals surface area contributed by atoms with Crippen molar-refractivity contribution in [3.8, 4) is 5.75 Å². The van der Waals surface area contributed by atoms with Crippen LogP contribution in [0.5, 0.6) is 5.75 Å². The maximum Gasteiger partial charge on any atom is 0.243 e. The maximum atomic E-state index is 13.9. The maximum absolute atomic E-state index is 13.9. The summed E-state index contributed by atoms with van der Waals surface area (Å²) in [6, 6.07) is 25.7. The lowest BCUT2D eigenvalue weighted by Gasteiger charge is -2.39. The Kier molecular flexibility index (Phi) is 11.1. The Bertz CT molecular complexity index is 1390. The Morgan fingerprint density at radius 3 is 2.10 bits per heavy atom. The molecule has 0 N–H and O–H groups in total. The van der Waals surface area contributed by atoms with Crippen LogP contribution in [0.1, 0.15) is 43.7 Å². The summed E-state index contributed by atoms with van der Waals surface area (Å²) in [5.41, 5.74) is 2.07. The highest BCUT2D eigenvalue weighted by molar-refractivity contribution is 7.89. The molecule has 3 aromatic rings. The molecule has 42 heavy (non-hydrogen) atoms. The van der Waals surface area contributed by atoms with Crippen molar-refractivity contribution in [3.05, 3.63) is 96.1 Å². The number of hydrogen-bond acceptors (Lipinski definition) is 5. The molecule has 1 heterocycles. The summed E-state index contributed by atoms with van der Waals surface area (Å²) in [7, 11) is -2.23. The predicted molar refractivity (Wildman–Crippen MR) is 163 cm³/mol. The molecule has 8 nitrogen and oxygen atoms in total. The molecule has 9 heteroatoms. The highest BCUT2D eigenvalue weighted by Crippen LogP contribution is 2.23. The summed E-state index contributed by atoms with van der Waals surface area (Å²) < 4.78 is 33.5. The van der Waals surface area contributed by atoms with Gasteiger partial charge >= 0.3 is 0 Å². The average molecular weight is 592 g/mol. The van der Waals surface area contributed by atoms with Crippen LogP contribution in [0.2, 0.25) is 0 Å². The molecule has 4 rings (SSSR count). The summed E-state index contributed by atoms with van der Waals surface area (Å²) in [6.07, 6.45) is 3.01. The van der Waals surface area contributed by atoms with Crippen LogP contribution in [0.15, 0.2) is 89.8 Å². The van der Waals surface area contributed by atoms with Gasteiger partial charge in [0.15, 0.2) is 0 Å². The highest BCUT2D eigenvalue weighted by Gasteiger charge is 2.33. The smallest absolute Gasteiger partial charge is 0.243 e. The van der Waals surface area contributed by atoms with Crippen molar-refractivity contribution in [2.75, 3.05) is 33.3 Å². The average Bonchev–Trinajstić information content (AvgIpc) is 3.03. The van der Waals surface area contributed by atoms with Crippen LogP contribution in [-0.2, 0) is 32.6 Å². The van der Waals surface area contributed by atoms with E-state index in [1.807, 2.05) is 66.4 Å². The number of hydrogen-bond donors (Lipinski definition) is 0. The molecule has 0 atom stereocenters. The van der Waals surface area contributed by atoms with Gasteiger partial charge in [0.25, 0.3) is 0 Å². The van der Waals surface area contributed by atoms with Crippen LogP contribution in [0.4, 0.5) is 0 Å². The normalized spacial score (nSPS) is 14.1. The van der Waals surface area contributed by atoms with E-state index < -0.39 is 10.0 Å². The van der Waals surface area contributed by atoms with Crippen LogP contribution in [0, 0.1) is 0 Å². The zero-order valence-corrected chi connectivity index (χ0v) is 25.3. The van der Waals surface area contributed by atoms with Crippen molar-refractivity contribution in [1.82, 2.24) is 14.1 Å². The second kappa shape index (κ2) is 15.0. The lowest BCUT2D eigenvalue weighted by molar-refractivity contribution is -0.137. The van der Waals surface area contributed by atoms with Gasteiger partial charge in [0, 0.05) is 38.6 Å². The van der Waals surface area contributed by atoms with Crippen molar-refractivity contribution >= 4 is 21.8 Å². The standard InChI is InChI=1S/C33H41N3O5S/c1-3-22-35(42(39,40)31-12-8-5-9-13-31)26-33(38)36(25-28-14-17-30(41-2)18-15-28)29-20-23-34(24-21-29)32(37)19-16-27-10-6-4-7-11-27/h4-15,17-18,29H,3,16,19-26H2,1-2H3. The third-order valence-corrected chi connectivity index (χ3v) is 9.59. The van der Waals surface area contributed by atoms with Gasteiger partial charge in [0.05, 0.1) is 18.6 Å². The molecule has 0 bridgehead atoms. The molecular weight excluding hydrogens is 550 g/mol. The third-order valence-electron chi connectivity index (χ3n) is 7.73. The minimum atomic E-state index is -3.84. The molecule has 1 saturated heterocycles. The van der Waals surface area contributed by atoms with E-state index in [0.717, 1.165) is 16.9 Å². The molecule has 1 aliphatic heterocycles. The number of nitrogens with zero attached hydrogens (tertiary/aromatic N) is 3. The molecule has 224 valence electrons. The Labute approximate surface area is 249 Å². The minimum Gasteiger partial charge on any atom is -0.497 e. The Hall–Kier alpha value is -3.69. The number of carbonyl (C=O) groups excluding carboxylic acids is 2. The summed E-state index contributed by atoms with van der Waals surface area (Å²) in [6.45, 7) is 3.38. The molecule has 0 saturated carbocycles. The summed E-state index contributed by atoms with van der Waals surface area (Å²) in [5.74, 6) is 0.600. The van der Waals surface area contributed by atoms with Gasteiger partial charge in [0.1, 0.15) is 5.75 Å². The lowest BCUT2D eigenvalue weighted by Crippen LogP contribution is -2.51. The number of carbonyl (C=O) groups is 2. The first-order valence-electron chi connectivity index (χ1n) is 14.6. The number of ether oxygens (including phenoxy) is 1. The number of amides is 2. The zero-order valence-electron chi connectivity index (χ0n) is 24.5. The molecule has 3 aromatic carbocycles. The fourth-order valence-corrected chi connectivity index (χ4v) is 6.85. The van der Waals surface area contributed by atoms with E-state index in [-0.39, 0.29) is 35.8 Å². The largest absolute Gasteiger partial charge is 0.497 e. The van der Waals surface area contributed by atoms with Crippen molar-refractivity contribution in [2.24, 2.45) is 0 Å². The first kappa shape index (κ1) is 31.3. The van der Waals surface area contributed by atoms with E-state index in [0.29, 0.717) is 51.7 Å². The molecule has 0 aliphatic carbocycles. The molecule has 0 spiro atoms. The quantitative estimate of drug-likeness (QED) is 0.286. The molecule has 1 fully saturated rings. The van der Waals surface area contributed by atoms with Crippen molar-refractivity contribution < 1.29 is 22.7 Å². The minimum absolute atomic E-state index is 0.110. The van der Waals surface area contributed by atoms with E-state index in [9.17, 15) is 18.0 Å². The fraction of sp³-hybridized carbons (Fsp3) is 0.394. The van der Waals surface area contributed by atoms with Crippen LogP contribution in [-0.4, -0.2) is 73.7 Å². The van der Waals surface area contributed by atoms with E-state index in [2.05, 4.69) is 0 Å². The number of sulfonamides is 1. The van der Waals surface area contributed by atoms with Crippen molar-refractivity contribution in [2.45, 2.75) is 56.5 Å². The SMILES string of the molecule is CCCN(CC(=O)N(Cc1ccc(OC)cc1)C1CCN(C(=O)CCc2ccccc2)CC1)S(=O)(=O)c1ccccc1. The highest BCUT2D eigenvalue weighted by atomic mass is 32.2. The van der Waals surface area contributed by atoms with Gasteiger partial charge in [0.2, 0.25) is 21.8 Å². The zero-order chi connectivity index (χ0) is 30.0. The first-order valence-corrected chi connectivity index (χ1v) is 16.0. The van der Waals surface area contributed by atoms with Gasteiger partial charge in [-0.1, -0.05) is 67.6 Å². The number of methoxy groups -OCH3 is 1. The molecule has 0 radical (unpaired) electrons. The Morgan fingerprint density at radius 1 is 0.881 bits per heavy atom. The van der Waals surface area contributed by atoms with E-state index in [4.69, 9.17) is 4.74 Å². The number of likely N-dealkylation sites (tertiary alicyclic amines) is 1. The second-order valence-electron chi connectivity index (χ2n) is 10.6. The topological polar surface area (TPSA) is 87.2 Å². The second-order valence-corrected chi connectivity index (χ2v) is 12.6. The van der Waals surface area contributed by atoms with Crippen LogP contribution in [0.25, 0.3) is 0 Å². The first-order chi connectivity index (χ1) is 20.3. The predicted octanol–water partition coefficient (Wildman–Crippen LogP) is 4.75. The van der Waals surface area contributed by atoms with Gasteiger partial charge in [-0.15, -0.1) is 0 Å². The third kappa shape index (κ3) is 8.20. The van der Waals surface area contributed by atoms with Crippen molar-refractivity contribution in [3.63, 3.8) is 0 Å². The summed E-state index contributed by atoms with van der Waals surface area (Å²) >= 11 is 0. The van der Waals surface area contributed by atoms with Gasteiger partial charge < -0.3 is 14.5 Å². The molecular formula is C33H41N3O5S. The summed E-state index contributed by atoms with van der Waals surface area (Å²) in [4.78, 5) is 30.7. The van der Waals surface area contributed by atoms with Gasteiger partial charge in [-0.25, -0.2) is 8.42 Å². The Balaban J connectivity index is 1.47. The number of piperidine rings is 1. The number of aryl methyl sites for hydroxylation is 1. The van der Waals surface area contributed by atoms with E-state index >= 15 is 0 Å². The van der Waals surface area contributed by atoms with Gasteiger partial charge in [-0.2, -0.15) is 4.31 Å². The van der Waals surface area contributed by atoms with Crippen LogP contribution in [0.3, 0.4) is 0 Å². The monoisotopic (exact) mass is 591 g/mol. The number of rotatable bonds is 13.